The van der Waals surface area contributed by atoms with E-state index in [0.717, 1.165) is 21.6 Å². The Kier molecular flexibility index (Phi) is 26.5. The molecule has 27 heteroatoms. The predicted molar refractivity (Wildman–Crippen MR) is 259 cm³/mol. The van der Waals surface area contributed by atoms with E-state index >= 15 is 0 Å². The van der Waals surface area contributed by atoms with Crippen molar-refractivity contribution in [3.63, 3.8) is 0 Å². The number of carboxylic acid groups (broad SMARTS) is 1. The van der Waals surface area contributed by atoms with Gasteiger partial charge in [0.05, 0.1) is 19.2 Å². The van der Waals surface area contributed by atoms with E-state index < -0.39 is 144 Å². The number of amides is 10. The van der Waals surface area contributed by atoms with Crippen molar-refractivity contribution in [1.82, 2.24) is 47.4 Å². The fourth-order valence-corrected chi connectivity index (χ4v) is 9.63. The first-order chi connectivity index (χ1) is 32.9. The lowest BCUT2D eigenvalue weighted by atomic mass is 10.0. The van der Waals surface area contributed by atoms with Crippen molar-refractivity contribution >= 4 is 86.6 Å². The van der Waals surface area contributed by atoms with Crippen LogP contribution in [0, 0.1) is 17.8 Å². The number of nitrogens with one attached hydrogen (secondary N) is 8. The van der Waals surface area contributed by atoms with Crippen molar-refractivity contribution in [1.29, 1.82) is 0 Å². The van der Waals surface area contributed by atoms with Crippen LogP contribution in [-0.2, 0) is 52.7 Å². The number of hydrogen-bond donors (Lipinski definition) is 13. The molecule has 0 bridgehead atoms. The minimum Gasteiger partial charge on any atom is -0.480 e. The smallest absolute Gasteiger partial charge is 0.327 e. The van der Waals surface area contributed by atoms with E-state index in [9.17, 15) is 63.0 Å². The summed E-state index contributed by atoms with van der Waals surface area (Å²) in [5.74, 6) is -11.1. The van der Waals surface area contributed by atoms with Gasteiger partial charge in [0.25, 0.3) is 0 Å². The van der Waals surface area contributed by atoms with Crippen molar-refractivity contribution in [3.8, 4) is 0 Å². The summed E-state index contributed by atoms with van der Waals surface area (Å²) in [7, 11) is 2.02. The van der Waals surface area contributed by atoms with Gasteiger partial charge in [-0.25, -0.2) is 4.79 Å². The summed E-state index contributed by atoms with van der Waals surface area (Å²) in [5, 5.41) is 40.2. The van der Waals surface area contributed by atoms with Crippen LogP contribution in [0.15, 0.2) is 0 Å². The highest BCUT2D eigenvalue weighted by atomic mass is 33.1. The summed E-state index contributed by atoms with van der Waals surface area (Å²) in [5.41, 5.74) is 17.2. The molecule has 16 N–H and O–H groups in total. The number of primary amides is 1. The Hall–Kier alpha value is -5.25. The molecule has 70 heavy (non-hydrogen) atoms. The van der Waals surface area contributed by atoms with Crippen molar-refractivity contribution in [2.75, 3.05) is 37.7 Å². The molecule has 0 aromatic heterocycles. The Morgan fingerprint density at radius 1 is 0.686 bits per heavy atom. The third-order valence-electron chi connectivity index (χ3n) is 11.3. The topological polar surface area (TPSA) is 406 Å². The van der Waals surface area contributed by atoms with Gasteiger partial charge in [0.15, 0.2) is 0 Å². The minimum absolute atomic E-state index is 0.00112. The third kappa shape index (κ3) is 20.2. The number of nitrogens with zero attached hydrogens (tertiary/aromatic N) is 1. The SMILES string of the molecule is CC(C)C[C@@H]1NC(=O)[C@H](CCC(N)=O)NC(=O)CNC(=O)[C@H](CCCCN)NC(=O)[C@H](CO)NC(=O)[C@H](C(C)C)NC(=O)[C@@H]2CCCN2C(=O)[C@H](C(C)C)NC(=O)[C@@H](N)CSSC[C@@H](C(=O)O)NC1=O. The number of hydrogen-bond acceptors (Lipinski definition) is 16. The first-order valence-corrected chi connectivity index (χ1v) is 25.9. The Bertz CT molecular complexity index is 1860. The molecule has 0 aromatic carbocycles. The van der Waals surface area contributed by atoms with Gasteiger partial charge in [-0.2, -0.15) is 0 Å². The maximum Gasteiger partial charge on any atom is 0.327 e. The number of rotatable bonds is 13. The molecule has 0 aliphatic carbocycles. The lowest BCUT2D eigenvalue weighted by molar-refractivity contribution is -0.143. The van der Waals surface area contributed by atoms with Crippen molar-refractivity contribution in [2.24, 2.45) is 35.0 Å². The summed E-state index contributed by atoms with van der Waals surface area (Å²) in [6.07, 6.45) is 0.715. The van der Waals surface area contributed by atoms with Crippen LogP contribution >= 0.6 is 21.6 Å². The van der Waals surface area contributed by atoms with Crippen LogP contribution in [0.2, 0.25) is 0 Å². The molecule has 9 atom stereocenters. The molecule has 0 unspecified atom stereocenters. The first-order valence-electron chi connectivity index (χ1n) is 23.4. The van der Waals surface area contributed by atoms with E-state index in [4.69, 9.17) is 17.2 Å². The molecule has 396 valence electrons. The minimum atomic E-state index is -1.63. The van der Waals surface area contributed by atoms with Crippen LogP contribution in [0.4, 0.5) is 0 Å². The van der Waals surface area contributed by atoms with Crippen LogP contribution in [0.1, 0.15) is 92.9 Å². The van der Waals surface area contributed by atoms with Gasteiger partial charge in [-0.15, -0.1) is 0 Å². The maximum absolute atomic E-state index is 14.0. The van der Waals surface area contributed by atoms with E-state index in [1.165, 1.54) is 4.90 Å². The Labute approximate surface area is 415 Å². The van der Waals surface area contributed by atoms with Crippen LogP contribution in [0.3, 0.4) is 0 Å². The molecule has 10 amide bonds. The number of aliphatic hydroxyl groups excluding tert-OH is 1. The number of carbonyl (C=O) groups excluding carboxylic acids is 10. The Balaban J connectivity index is 2.55. The number of unbranched alkanes of at least 4 members (excludes halogenated alkanes) is 1. The molecular weight excluding hydrogens is 957 g/mol. The van der Waals surface area contributed by atoms with E-state index in [1.54, 1.807) is 41.5 Å². The normalized spacial score (nSPS) is 27.4. The van der Waals surface area contributed by atoms with E-state index in [2.05, 4.69) is 42.5 Å². The quantitative estimate of drug-likeness (QED) is 0.0618. The third-order valence-corrected chi connectivity index (χ3v) is 13.8. The van der Waals surface area contributed by atoms with Crippen molar-refractivity contribution in [2.45, 2.75) is 147 Å². The van der Waals surface area contributed by atoms with Gasteiger partial charge in [0, 0.05) is 24.5 Å². The van der Waals surface area contributed by atoms with E-state index in [-0.39, 0.29) is 62.6 Å². The molecule has 2 fully saturated rings. The molecule has 2 rings (SSSR count). The Morgan fingerprint density at radius 3 is 1.84 bits per heavy atom. The largest absolute Gasteiger partial charge is 0.480 e. The maximum atomic E-state index is 14.0. The van der Waals surface area contributed by atoms with Gasteiger partial charge in [-0.3, -0.25) is 47.9 Å². The fourth-order valence-electron chi connectivity index (χ4n) is 7.36. The number of nitrogens with two attached hydrogens (primary N) is 3. The lowest BCUT2D eigenvalue weighted by Gasteiger charge is -2.32. The standard InChI is InChI=1S/C43H74N12O13S2/c1-21(2)16-27-38(62)52-29(43(67)68)20-70-69-19-24(45)35(59)54-34(23(5)6)42(66)55-15-9-11-30(55)40(64)53-33(22(3)4)41(65)51-28(18-56)39(63)49-25(10-7-8-14-44)36(60)47-17-32(58)48-26(37(61)50-27)12-13-31(46)57/h21-30,33-34,56H,7-20,44-45H2,1-6H3,(H2,46,57)(H,47,60)(H,48,58)(H,49,63)(H,50,61)(H,51,65)(H,52,62)(H,53,64)(H,54,59)(H,67,68)/t24-,25-,26-,27-,28-,29-,30-,33-,34-/m0/s1. The van der Waals surface area contributed by atoms with Gasteiger partial charge >= 0.3 is 5.97 Å². The monoisotopic (exact) mass is 1030 g/mol. The van der Waals surface area contributed by atoms with Crippen LogP contribution in [-0.4, -0.2) is 172 Å². The van der Waals surface area contributed by atoms with Crippen molar-refractivity contribution < 1.29 is 63.0 Å². The average Bonchev–Trinajstić information content (AvgIpc) is 3.79. The zero-order valence-electron chi connectivity index (χ0n) is 40.7. The second-order valence-corrected chi connectivity index (χ2v) is 20.9. The number of fused-ring (bicyclic) bond motifs is 1. The highest BCUT2D eigenvalue weighted by molar-refractivity contribution is 8.76. The highest BCUT2D eigenvalue weighted by Gasteiger charge is 2.41. The molecule has 2 saturated heterocycles. The molecule has 0 aromatic rings. The van der Waals surface area contributed by atoms with Gasteiger partial charge in [-0.1, -0.05) is 63.1 Å². The molecule has 0 radical (unpaired) electrons. The second kappa shape index (κ2) is 30.5. The molecule has 0 saturated carbocycles. The molecule has 2 heterocycles. The number of aliphatic carboxylic acids is 1. The average molecular weight is 1030 g/mol. The lowest BCUT2D eigenvalue weighted by Crippen LogP contribution is -2.61. The van der Waals surface area contributed by atoms with Crippen LogP contribution < -0.4 is 59.7 Å². The fraction of sp³-hybridized carbons (Fsp3) is 0.744. The predicted octanol–water partition coefficient (Wildman–Crippen LogP) is -3.96. The van der Waals surface area contributed by atoms with Crippen LogP contribution in [0.25, 0.3) is 0 Å². The molecule has 25 nitrogen and oxygen atoms in total. The summed E-state index contributed by atoms with van der Waals surface area (Å²) in [4.78, 5) is 148. The molecular formula is C43H74N12O13S2. The summed E-state index contributed by atoms with van der Waals surface area (Å²) in [6.45, 7) is 8.85. The molecule has 2 aliphatic heterocycles. The number of aliphatic hydroxyl groups is 1. The summed E-state index contributed by atoms with van der Waals surface area (Å²) >= 11 is 0. The first kappa shape index (κ1) is 60.9. The zero-order valence-corrected chi connectivity index (χ0v) is 42.3. The Morgan fingerprint density at radius 2 is 1.26 bits per heavy atom. The number of carboxylic acids is 1. The summed E-state index contributed by atoms with van der Waals surface area (Å²) < 4.78 is 0. The summed E-state index contributed by atoms with van der Waals surface area (Å²) in [6, 6.07) is -11.9. The van der Waals surface area contributed by atoms with Crippen molar-refractivity contribution in [3.05, 3.63) is 0 Å². The van der Waals surface area contributed by atoms with E-state index in [1.807, 2.05) is 0 Å². The molecule has 2 aliphatic rings. The van der Waals surface area contributed by atoms with Gasteiger partial charge in [0.2, 0.25) is 59.1 Å². The van der Waals surface area contributed by atoms with Gasteiger partial charge in [0.1, 0.15) is 48.3 Å². The number of carbonyl (C=O) groups is 11. The molecule has 0 spiro atoms. The van der Waals surface area contributed by atoms with E-state index in [0.29, 0.717) is 19.3 Å². The van der Waals surface area contributed by atoms with Gasteiger partial charge in [-0.05, 0) is 69.2 Å². The van der Waals surface area contributed by atoms with Crippen LogP contribution in [0.5, 0.6) is 0 Å². The zero-order chi connectivity index (χ0) is 52.8. The van der Waals surface area contributed by atoms with Gasteiger partial charge < -0.3 is 74.8 Å². The highest BCUT2D eigenvalue weighted by Crippen LogP contribution is 2.24. The second-order valence-electron chi connectivity index (χ2n) is 18.3.